The van der Waals surface area contributed by atoms with Crippen LogP contribution in [0, 0.1) is 0 Å². The summed E-state index contributed by atoms with van der Waals surface area (Å²) in [5.74, 6) is 1.26. The van der Waals surface area contributed by atoms with Crippen LogP contribution in [0.1, 0.15) is 21.5 Å². The average Bonchev–Trinajstić information content (AvgIpc) is 3.43. The fourth-order valence-electron chi connectivity index (χ4n) is 3.80. The number of nitrogens with one attached hydrogen (secondary N) is 1. The molecule has 1 unspecified atom stereocenters. The van der Waals surface area contributed by atoms with Crippen molar-refractivity contribution in [3.05, 3.63) is 120 Å². The van der Waals surface area contributed by atoms with Gasteiger partial charge in [0.05, 0.1) is 5.52 Å². The fraction of sp³-hybridized carbons (Fsp3) is 0.143. The molecule has 2 heterocycles. The smallest absolute Gasteiger partial charge is 0.251 e. The number of carbonyl (C=O) groups excluding carboxylic acids is 1. The number of ether oxygens (including phenoxy) is 3. The summed E-state index contributed by atoms with van der Waals surface area (Å²) in [5.41, 5.74) is 3.59. The number of aromatic nitrogens is 1. The van der Waals surface area contributed by atoms with E-state index in [1.165, 1.54) is 0 Å². The Morgan fingerprint density at radius 2 is 1.82 bits per heavy atom. The monoisotopic (exact) mass is 452 g/mol. The van der Waals surface area contributed by atoms with Crippen LogP contribution < -0.4 is 10.1 Å². The molecule has 0 radical (unpaired) electrons. The molecular formula is C28H24N2O4. The van der Waals surface area contributed by atoms with Crippen LogP contribution in [0.15, 0.2) is 103 Å². The van der Waals surface area contributed by atoms with Crippen LogP contribution in [0.4, 0.5) is 0 Å². The van der Waals surface area contributed by atoms with Crippen molar-refractivity contribution in [1.82, 2.24) is 10.3 Å². The minimum absolute atomic E-state index is 0.126. The number of hydrogen-bond acceptors (Lipinski definition) is 5. The summed E-state index contributed by atoms with van der Waals surface area (Å²) in [7, 11) is 0. The number of fused-ring (bicyclic) bond motifs is 1. The van der Waals surface area contributed by atoms with E-state index in [-0.39, 0.29) is 18.8 Å². The first-order valence-corrected chi connectivity index (χ1v) is 11.1. The van der Waals surface area contributed by atoms with Gasteiger partial charge in [0.25, 0.3) is 5.91 Å². The number of nitrogens with zero attached hydrogens (tertiary/aromatic N) is 1. The predicted molar refractivity (Wildman–Crippen MR) is 129 cm³/mol. The fourth-order valence-corrected chi connectivity index (χ4v) is 3.80. The van der Waals surface area contributed by atoms with Gasteiger partial charge in [-0.05, 0) is 47.5 Å². The zero-order valence-electron chi connectivity index (χ0n) is 18.5. The Bertz CT molecular complexity index is 1300. The Labute approximate surface area is 197 Å². The van der Waals surface area contributed by atoms with Gasteiger partial charge < -0.3 is 19.5 Å². The van der Waals surface area contributed by atoms with Gasteiger partial charge in [0.2, 0.25) is 6.79 Å². The van der Waals surface area contributed by atoms with Crippen molar-refractivity contribution in [1.29, 1.82) is 0 Å². The Kier molecular flexibility index (Phi) is 6.38. The highest BCUT2D eigenvalue weighted by molar-refractivity contribution is 5.97. The molecule has 1 atom stereocenters. The van der Waals surface area contributed by atoms with Gasteiger partial charge in [0, 0.05) is 30.1 Å². The third kappa shape index (κ3) is 5.18. The van der Waals surface area contributed by atoms with Gasteiger partial charge in [0.15, 0.2) is 11.9 Å². The van der Waals surface area contributed by atoms with Crippen LogP contribution in [-0.2, 0) is 22.4 Å². The molecule has 1 aliphatic rings. The standard InChI is InChI=1S/C28H24N2O4/c31-28(23-10-13-25-22(16-23)7-4-14-29-25)30-17-21-8-11-24(12-9-21)34-26(27-18-32-19-33-27)15-20-5-2-1-3-6-20/h1-14,16,18,26H,15,17,19H2,(H,30,31). The number of rotatable bonds is 8. The Balaban J connectivity index is 1.21. The first-order valence-electron chi connectivity index (χ1n) is 11.1. The SMILES string of the molecule is O=C(NCc1ccc(OC(Cc2ccccc2)C2=COCO2)cc1)c1ccc2ncccc2c1. The zero-order valence-corrected chi connectivity index (χ0v) is 18.5. The van der Waals surface area contributed by atoms with Gasteiger partial charge in [-0.25, -0.2) is 0 Å². The van der Waals surface area contributed by atoms with Crippen LogP contribution in [0.3, 0.4) is 0 Å². The highest BCUT2D eigenvalue weighted by Gasteiger charge is 2.22. The molecule has 170 valence electrons. The molecule has 6 heteroatoms. The van der Waals surface area contributed by atoms with Gasteiger partial charge in [0.1, 0.15) is 12.0 Å². The highest BCUT2D eigenvalue weighted by Crippen LogP contribution is 2.23. The van der Waals surface area contributed by atoms with Gasteiger partial charge in [-0.3, -0.25) is 9.78 Å². The predicted octanol–water partition coefficient (Wildman–Crippen LogP) is 5.00. The molecule has 5 rings (SSSR count). The third-order valence-electron chi connectivity index (χ3n) is 5.59. The quantitative estimate of drug-likeness (QED) is 0.407. The maximum atomic E-state index is 12.6. The molecule has 3 aromatic carbocycles. The van der Waals surface area contributed by atoms with Crippen LogP contribution in [0.2, 0.25) is 0 Å². The van der Waals surface area contributed by atoms with E-state index in [2.05, 4.69) is 22.4 Å². The first kappa shape index (κ1) is 21.5. The molecule has 0 saturated heterocycles. The van der Waals surface area contributed by atoms with E-state index in [1.807, 2.05) is 66.7 Å². The van der Waals surface area contributed by atoms with E-state index in [4.69, 9.17) is 14.2 Å². The molecule has 0 saturated carbocycles. The van der Waals surface area contributed by atoms with Crippen LogP contribution >= 0.6 is 0 Å². The second kappa shape index (κ2) is 10.1. The Hall–Kier alpha value is -4.32. The molecule has 6 nitrogen and oxygen atoms in total. The minimum Gasteiger partial charge on any atom is -0.482 e. The molecular weight excluding hydrogens is 428 g/mol. The van der Waals surface area contributed by atoms with Crippen molar-refractivity contribution in [2.45, 2.75) is 19.1 Å². The summed E-state index contributed by atoms with van der Waals surface area (Å²) in [6.07, 6.45) is 3.72. The lowest BCUT2D eigenvalue weighted by Crippen LogP contribution is -2.23. The summed E-state index contributed by atoms with van der Waals surface area (Å²) in [6, 6.07) is 27.1. The molecule has 1 N–H and O–H groups in total. The van der Waals surface area contributed by atoms with Crippen molar-refractivity contribution in [3.63, 3.8) is 0 Å². The number of pyridine rings is 1. The van der Waals surface area contributed by atoms with Crippen molar-refractivity contribution in [3.8, 4) is 5.75 Å². The maximum absolute atomic E-state index is 12.6. The molecule has 0 bridgehead atoms. The number of hydrogen-bond donors (Lipinski definition) is 1. The van der Waals surface area contributed by atoms with Gasteiger partial charge >= 0.3 is 0 Å². The normalized spacial score (nSPS) is 13.5. The minimum atomic E-state index is -0.294. The maximum Gasteiger partial charge on any atom is 0.251 e. The Morgan fingerprint density at radius 1 is 0.971 bits per heavy atom. The topological polar surface area (TPSA) is 69.7 Å². The second-order valence-corrected chi connectivity index (χ2v) is 7.98. The van der Waals surface area contributed by atoms with Gasteiger partial charge in [-0.15, -0.1) is 0 Å². The van der Waals surface area contributed by atoms with Crippen LogP contribution in [0.5, 0.6) is 5.75 Å². The molecule has 4 aromatic rings. The number of carbonyl (C=O) groups is 1. The summed E-state index contributed by atoms with van der Waals surface area (Å²) < 4.78 is 17.0. The van der Waals surface area contributed by atoms with Gasteiger partial charge in [-0.2, -0.15) is 0 Å². The largest absolute Gasteiger partial charge is 0.482 e. The average molecular weight is 453 g/mol. The van der Waals surface area contributed by atoms with E-state index in [9.17, 15) is 4.79 Å². The molecule has 1 amide bonds. The number of amides is 1. The molecule has 34 heavy (non-hydrogen) atoms. The van der Waals surface area contributed by atoms with E-state index in [1.54, 1.807) is 18.5 Å². The molecule has 0 spiro atoms. The van der Waals surface area contributed by atoms with E-state index in [0.29, 0.717) is 24.3 Å². The lowest BCUT2D eigenvalue weighted by atomic mass is 10.1. The van der Waals surface area contributed by atoms with Crippen molar-refractivity contribution in [2.75, 3.05) is 6.79 Å². The molecule has 1 aliphatic heterocycles. The summed E-state index contributed by atoms with van der Waals surface area (Å²) in [6.45, 7) is 0.621. The molecule has 1 aromatic heterocycles. The van der Waals surface area contributed by atoms with Gasteiger partial charge in [-0.1, -0.05) is 48.5 Å². The van der Waals surface area contributed by atoms with Crippen molar-refractivity contribution < 1.29 is 19.0 Å². The van der Waals surface area contributed by atoms with E-state index >= 15 is 0 Å². The van der Waals surface area contributed by atoms with E-state index < -0.39 is 0 Å². The van der Waals surface area contributed by atoms with Crippen LogP contribution in [-0.4, -0.2) is 23.8 Å². The first-order chi connectivity index (χ1) is 16.7. The van der Waals surface area contributed by atoms with Crippen LogP contribution in [0.25, 0.3) is 10.9 Å². The van der Waals surface area contributed by atoms with E-state index in [0.717, 1.165) is 27.8 Å². The Morgan fingerprint density at radius 3 is 2.62 bits per heavy atom. The van der Waals surface area contributed by atoms with Crippen molar-refractivity contribution >= 4 is 16.8 Å². The summed E-state index contributed by atoms with van der Waals surface area (Å²) in [4.78, 5) is 16.9. The number of benzene rings is 3. The second-order valence-electron chi connectivity index (χ2n) is 7.98. The lowest BCUT2D eigenvalue weighted by molar-refractivity contribution is 0.0557. The molecule has 0 fully saturated rings. The van der Waals surface area contributed by atoms with Crippen molar-refractivity contribution in [2.24, 2.45) is 0 Å². The summed E-state index contributed by atoms with van der Waals surface area (Å²) in [5, 5.41) is 3.91. The zero-order chi connectivity index (χ0) is 23.2. The molecule has 0 aliphatic carbocycles. The third-order valence-corrected chi connectivity index (χ3v) is 5.59. The summed E-state index contributed by atoms with van der Waals surface area (Å²) >= 11 is 0. The highest BCUT2D eigenvalue weighted by atomic mass is 16.7. The lowest BCUT2D eigenvalue weighted by Gasteiger charge is -2.19.